The average molecular weight is 407 g/mol. The predicted molar refractivity (Wildman–Crippen MR) is 91.4 cm³/mol. The number of hydrogen-bond donors (Lipinski definition) is 0. The molecule has 0 unspecified atom stereocenters. The fourth-order valence-electron chi connectivity index (χ4n) is 2.69. The summed E-state index contributed by atoms with van der Waals surface area (Å²) in [6.07, 6.45) is 4.72. The second kappa shape index (κ2) is 6.41. The zero-order valence-corrected chi connectivity index (χ0v) is 14.9. The molecule has 2 aromatic rings. The minimum absolute atomic E-state index is 0.415. The van der Waals surface area contributed by atoms with Gasteiger partial charge in [0.15, 0.2) is 5.82 Å². The summed E-state index contributed by atoms with van der Waals surface area (Å²) < 4.78 is 0.790. The van der Waals surface area contributed by atoms with Gasteiger partial charge in [-0.25, -0.2) is 9.97 Å². The van der Waals surface area contributed by atoms with Crippen molar-refractivity contribution >= 4 is 50.7 Å². The lowest BCUT2D eigenvalue weighted by Crippen LogP contribution is -2.03. The van der Waals surface area contributed by atoms with Crippen molar-refractivity contribution in [2.45, 2.75) is 31.6 Å². The van der Waals surface area contributed by atoms with E-state index in [-0.39, 0.29) is 0 Å². The van der Waals surface area contributed by atoms with Gasteiger partial charge >= 0.3 is 0 Å². The van der Waals surface area contributed by atoms with E-state index in [1.165, 1.54) is 12.8 Å². The van der Waals surface area contributed by atoms with E-state index in [0.29, 0.717) is 32.5 Å². The molecule has 0 amide bonds. The van der Waals surface area contributed by atoms with Crippen LogP contribution in [0.25, 0.3) is 11.4 Å². The Morgan fingerprint density at radius 3 is 2.48 bits per heavy atom. The largest absolute Gasteiger partial charge is 0.231 e. The fraction of sp³-hybridized carbons (Fsp3) is 0.333. The minimum atomic E-state index is 0.415. The van der Waals surface area contributed by atoms with E-state index in [0.717, 1.165) is 23.0 Å². The monoisotopic (exact) mass is 404 g/mol. The Kier molecular flexibility index (Phi) is 4.75. The highest BCUT2D eigenvalue weighted by molar-refractivity contribution is 9.10. The van der Waals surface area contributed by atoms with Gasteiger partial charge in [-0.1, -0.05) is 47.6 Å². The molecule has 1 aliphatic carbocycles. The van der Waals surface area contributed by atoms with Crippen molar-refractivity contribution in [1.29, 1.82) is 0 Å². The normalized spacial score (nSPS) is 15.6. The predicted octanol–water partition coefficient (Wildman–Crippen LogP) is 6.52. The van der Waals surface area contributed by atoms with E-state index in [1.807, 2.05) is 0 Å². The van der Waals surface area contributed by atoms with Crippen molar-refractivity contribution in [1.82, 2.24) is 9.97 Å². The number of aromatic nitrogens is 2. The smallest absolute Gasteiger partial charge is 0.162 e. The van der Waals surface area contributed by atoms with Crippen LogP contribution in [0.3, 0.4) is 0 Å². The van der Waals surface area contributed by atoms with Crippen LogP contribution < -0.4 is 0 Å². The van der Waals surface area contributed by atoms with Gasteiger partial charge in [-0.3, -0.25) is 0 Å². The van der Waals surface area contributed by atoms with Crippen molar-refractivity contribution < 1.29 is 0 Å². The Labute approximate surface area is 147 Å². The van der Waals surface area contributed by atoms with Crippen LogP contribution in [0.4, 0.5) is 0 Å². The highest BCUT2D eigenvalue weighted by Gasteiger charge is 2.24. The molecule has 1 fully saturated rings. The first-order chi connectivity index (χ1) is 10.1. The molecule has 0 N–H and O–H groups in total. The quantitative estimate of drug-likeness (QED) is 0.530. The van der Waals surface area contributed by atoms with E-state index in [4.69, 9.17) is 39.8 Å². The summed E-state index contributed by atoms with van der Waals surface area (Å²) >= 11 is 22.1. The number of benzene rings is 1. The van der Waals surface area contributed by atoms with E-state index in [2.05, 4.69) is 20.9 Å². The van der Waals surface area contributed by atoms with Crippen LogP contribution in [0, 0.1) is 0 Å². The lowest BCUT2D eigenvalue weighted by Gasteiger charge is -2.14. The van der Waals surface area contributed by atoms with Crippen molar-refractivity contribution in [2.75, 3.05) is 0 Å². The molecular weight excluding hydrogens is 394 g/mol. The molecule has 21 heavy (non-hydrogen) atoms. The lowest BCUT2D eigenvalue weighted by molar-refractivity contribution is 0.691. The third-order valence-corrected chi connectivity index (χ3v) is 5.60. The van der Waals surface area contributed by atoms with Crippen molar-refractivity contribution in [2.24, 2.45) is 0 Å². The molecule has 6 heteroatoms. The first-order valence-corrected chi connectivity index (χ1v) is 8.67. The van der Waals surface area contributed by atoms with Crippen molar-refractivity contribution in [3.05, 3.63) is 43.6 Å². The highest BCUT2D eigenvalue weighted by atomic mass is 79.9. The van der Waals surface area contributed by atoms with Gasteiger partial charge in [-0.2, -0.15) is 0 Å². The maximum Gasteiger partial charge on any atom is 0.162 e. The molecule has 3 rings (SSSR count). The van der Waals surface area contributed by atoms with E-state index >= 15 is 0 Å². The average Bonchev–Trinajstić information content (AvgIpc) is 2.98. The Bertz CT molecular complexity index is 685. The van der Waals surface area contributed by atoms with Crippen molar-refractivity contribution in [3.63, 3.8) is 0 Å². The molecule has 0 saturated heterocycles. The van der Waals surface area contributed by atoms with E-state index in [9.17, 15) is 0 Å². The summed E-state index contributed by atoms with van der Waals surface area (Å²) in [5.41, 5.74) is 1.68. The number of halogens is 4. The molecule has 0 spiro atoms. The molecule has 2 nitrogen and oxygen atoms in total. The van der Waals surface area contributed by atoms with Gasteiger partial charge in [-0.15, -0.1) is 0 Å². The molecule has 110 valence electrons. The third kappa shape index (κ3) is 3.21. The van der Waals surface area contributed by atoms with Crippen LogP contribution in [0.15, 0.2) is 22.7 Å². The number of rotatable bonds is 2. The Morgan fingerprint density at radius 1 is 1.05 bits per heavy atom. The molecule has 1 aromatic carbocycles. The summed E-state index contributed by atoms with van der Waals surface area (Å²) in [5.74, 6) is 0.953. The fourth-order valence-corrected chi connectivity index (χ4v) is 3.75. The van der Waals surface area contributed by atoms with Crippen LogP contribution in [-0.4, -0.2) is 9.97 Å². The van der Waals surface area contributed by atoms with Crippen LogP contribution in [0.1, 0.15) is 37.3 Å². The standard InChI is InChI=1S/C15H12BrCl3N2/c16-12-13(8-3-1-2-4-8)20-15(21-14(12)19)10-7-9(17)5-6-11(10)18/h5-8H,1-4H2. The Balaban J connectivity index is 2.13. The highest BCUT2D eigenvalue weighted by Crippen LogP contribution is 2.40. The van der Waals surface area contributed by atoms with Gasteiger partial charge in [0.2, 0.25) is 0 Å². The second-order valence-corrected chi connectivity index (χ2v) is 7.14. The van der Waals surface area contributed by atoms with Gasteiger partial charge in [0.1, 0.15) is 5.15 Å². The molecule has 1 aliphatic rings. The topological polar surface area (TPSA) is 25.8 Å². The summed E-state index contributed by atoms with van der Waals surface area (Å²) in [4.78, 5) is 9.04. The maximum absolute atomic E-state index is 6.27. The zero-order chi connectivity index (χ0) is 15.0. The summed E-state index contributed by atoms with van der Waals surface area (Å²) in [5, 5.41) is 1.58. The number of nitrogens with zero attached hydrogens (tertiary/aromatic N) is 2. The van der Waals surface area contributed by atoms with Crippen LogP contribution >= 0.6 is 50.7 Å². The third-order valence-electron chi connectivity index (χ3n) is 3.75. The van der Waals surface area contributed by atoms with Gasteiger partial charge < -0.3 is 0 Å². The molecule has 0 atom stereocenters. The second-order valence-electron chi connectivity index (χ2n) is 5.14. The van der Waals surface area contributed by atoms with Gasteiger partial charge in [0, 0.05) is 16.5 Å². The first-order valence-electron chi connectivity index (χ1n) is 6.74. The zero-order valence-electron chi connectivity index (χ0n) is 11.0. The van der Waals surface area contributed by atoms with Crippen molar-refractivity contribution in [3.8, 4) is 11.4 Å². The lowest BCUT2D eigenvalue weighted by atomic mass is 10.0. The first kappa shape index (κ1) is 15.5. The van der Waals surface area contributed by atoms with Gasteiger partial charge in [0.05, 0.1) is 15.2 Å². The Hall–Kier alpha value is -0.350. The van der Waals surface area contributed by atoms with Crippen LogP contribution in [0.2, 0.25) is 15.2 Å². The maximum atomic E-state index is 6.27. The summed E-state index contributed by atoms with van der Waals surface area (Å²) in [7, 11) is 0. The molecule has 0 bridgehead atoms. The molecule has 1 heterocycles. The number of hydrogen-bond acceptors (Lipinski definition) is 2. The van der Waals surface area contributed by atoms with Crippen LogP contribution in [0.5, 0.6) is 0 Å². The van der Waals surface area contributed by atoms with E-state index in [1.54, 1.807) is 18.2 Å². The van der Waals surface area contributed by atoms with E-state index < -0.39 is 0 Å². The Morgan fingerprint density at radius 2 is 1.76 bits per heavy atom. The molecular formula is C15H12BrCl3N2. The van der Waals surface area contributed by atoms with Crippen LogP contribution in [-0.2, 0) is 0 Å². The molecule has 1 saturated carbocycles. The molecule has 1 aromatic heterocycles. The summed E-state index contributed by atoms with van der Waals surface area (Å²) in [6, 6.07) is 5.25. The van der Waals surface area contributed by atoms with Gasteiger partial charge in [-0.05, 0) is 47.0 Å². The van der Waals surface area contributed by atoms with Gasteiger partial charge in [0.25, 0.3) is 0 Å². The summed E-state index contributed by atoms with van der Waals surface area (Å²) in [6.45, 7) is 0. The molecule has 0 radical (unpaired) electrons. The minimum Gasteiger partial charge on any atom is -0.231 e. The SMILES string of the molecule is Clc1ccc(Cl)c(-c2nc(Cl)c(Br)c(C3CCCC3)n2)c1. The molecule has 0 aliphatic heterocycles.